The third-order valence-electron chi connectivity index (χ3n) is 8.81. The van der Waals surface area contributed by atoms with E-state index < -0.39 is 102 Å². The molecule has 0 aromatic heterocycles. The molecule has 0 spiro atoms. The minimum Gasteiger partial charge on any atom is -0.488 e. The molecule has 17 heteroatoms. The Hall–Kier alpha value is -2.75. The zero-order chi connectivity index (χ0) is 40.2. The van der Waals surface area contributed by atoms with Crippen molar-refractivity contribution in [1.29, 1.82) is 0 Å². The van der Waals surface area contributed by atoms with Crippen LogP contribution in [-0.2, 0) is 9.59 Å². The lowest BCUT2D eigenvalue weighted by molar-refractivity contribution is -0.440. The summed E-state index contributed by atoms with van der Waals surface area (Å²) in [6.45, 7) is 15.7. The van der Waals surface area contributed by atoms with Gasteiger partial charge in [0.15, 0.2) is 0 Å². The number of ether oxygens (including phenoxy) is 1. The summed E-state index contributed by atoms with van der Waals surface area (Å²) in [5.41, 5.74) is -0.960. The van der Waals surface area contributed by atoms with Crippen molar-refractivity contribution in [3.05, 3.63) is 29.8 Å². The second-order valence-electron chi connectivity index (χ2n) is 16.2. The minimum absolute atomic E-state index is 0.141. The van der Waals surface area contributed by atoms with Crippen molar-refractivity contribution in [3.63, 3.8) is 0 Å². The first kappa shape index (κ1) is 44.4. The molecule has 1 aliphatic rings. The van der Waals surface area contributed by atoms with E-state index >= 15 is 0 Å². The quantitative estimate of drug-likeness (QED) is 0.114. The molecule has 2 rings (SSSR count). The van der Waals surface area contributed by atoms with Gasteiger partial charge in [-0.2, -0.15) is 57.1 Å². The highest BCUT2D eigenvalue weighted by Crippen LogP contribution is 2.61. The van der Waals surface area contributed by atoms with Gasteiger partial charge in [0.25, 0.3) is 0 Å². The molecule has 1 fully saturated rings. The van der Waals surface area contributed by atoms with Crippen LogP contribution in [-0.4, -0.2) is 64.6 Å². The molecule has 1 aromatic rings. The number of rotatable bonds is 13. The molecular weight excluding hydrogens is 717 g/mol. The van der Waals surface area contributed by atoms with Crippen LogP contribution in [0.15, 0.2) is 24.3 Å². The van der Waals surface area contributed by atoms with E-state index in [4.69, 9.17) is 4.74 Å². The van der Waals surface area contributed by atoms with Gasteiger partial charge < -0.3 is 4.74 Å². The topological polar surface area (TPSA) is 46.6 Å². The van der Waals surface area contributed by atoms with E-state index in [-0.39, 0.29) is 12.3 Å². The van der Waals surface area contributed by atoms with Crippen LogP contribution in [0.2, 0.25) is 0 Å². The van der Waals surface area contributed by atoms with Gasteiger partial charge in [0.2, 0.25) is 11.8 Å². The zero-order valence-corrected chi connectivity index (χ0v) is 29.7. The van der Waals surface area contributed by atoms with E-state index in [2.05, 4.69) is 0 Å². The van der Waals surface area contributed by atoms with Crippen molar-refractivity contribution in [2.75, 3.05) is 6.54 Å². The molecule has 0 N–H and O–H groups in total. The minimum atomic E-state index is -7.97. The van der Waals surface area contributed by atoms with E-state index in [9.17, 15) is 66.7 Å². The molecule has 1 aromatic carbocycles. The molecule has 1 saturated heterocycles. The van der Waals surface area contributed by atoms with Crippen molar-refractivity contribution >= 4 is 11.8 Å². The number of carbonyl (C=O) groups is 2. The van der Waals surface area contributed by atoms with E-state index in [1.807, 2.05) is 53.7 Å². The first-order chi connectivity index (χ1) is 22.5. The van der Waals surface area contributed by atoms with Gasteiger partial charge >= 0.3 is 35.8 Å². The molecule has 0 aliphatic carbocycles. The predicted molar refractivity (Wildman–Crippen MR) is 161 cm³/mol. The number of benzene rings is 1. The van der Waals surface area contributed by atoms with Crippen LogP contribution in [0.3, 0.4) is 0 Å². The van der Waals surface area contributed by atoms with Gasteiger partial charge in [-0.05, 0) is 74.5 Å². The summed E-state index contributed by atoms with van der Waals surface area (Å²) in [7, 11) is 0. The number of imide groups is 1. The molecule has 1 aliphatic heterocycles. The van der Waals surface area contributed by atoms with E-state index in [0.29, 0.717) is 10.6 Å². The van der Waals surface area contributed by atoms with Crippen molar-refractivity contribution in [1.82, 2.24) is 4.90 Å². The molecule has 0 bridgehead atoms. The van der Waals surface area contributed by atoms with Crippen LogP contribution in [0, 0.1) is 22.7 Å². The molecule has 0 radical (unpaired) electrons. The molecule has 0 saturated carbocycles. The molecule has 4 nitrogen and oxygen atoms in total. The van der Waals surface area contributed by atoms with Crippen molar-refractivity contribution < 1.29 is 71.4 Å². The van der Waals surface area contributed by atoms with Gasteiger partial charge in [0.05, 0.1) is 11.8 Å². The SMILES string of the molecule is CC(C)(C)Oc1ccc(C(CC2C(=O)N(CCCCC(F)(F)C(F)(F)C(F)(F)C(F)(F)C(F)(F)C(F)(F)F)C(=O)C2C(C)(C)C)C(C)(C)C)cc1. The van der Waals surface area contributed by atoms with Crippen LogP contribution >= 0.6 is 0 Å². The van der Waals surface area contributed by atoms with E-state index in [1.54, 1.807) is 32.9 Å². The molecule has 2 amide bonds. The van der Waals surface area contributed by atoms with Crippen LogP contribution < -0.4 is 4.74 Å². The summed E-state index contributed by atoms with van der Waals surface area (Å²) < 4.78 is 181. The Labute approximate surface area is 288 Å². The number of nitrogens with zero attached hydrogens (tertiary/aromatic N) is 1. The van der Waals surface area contributed by atoms with E-state index in [0.717, 1.165) is 5.56 Å². The summed E-state index contributed by atoms with van der Waals surface area (Å²) in [5, 5.41) is 0. The lowest BCUT2D eigenvalue weighted by Gasteiger charge is -2.39. The molecular formula is C34H44F13NO3. The first-order valence-corrected chi connectivity index (χ1v) is 16.1. The molecule has 3 unspecified atom stereocenters. The van der Waals surface area contributed by atoms with Crippen molar-refractivity contribution in [3.8, 4) is 5.75 Å². The van der Waals surface area contributed by atoms with Crippen LogP contribution in [0.4, 0.5) is 57.1 Å². The van der Waals surface area contributed by atoms with Crippen LogP contribution in [0.25, 0.3) is 0 Å². The monoisotopic (exact) mass is 761 g/mol. The Morgan fingerprint density at radius 3 is 1.53 bits per heavy atom. The van der Waals surface area contributed by atoms with Gasteiger partial charge in [-0.25, -0.2) is 0 Å². The fourth-order valence-corrected chi connectivity index (χ4v) is 6.16. The van der Waals surface area contributed by atoms with Crippen LogP contribution in [0.5, 0.6) is 5.75 Å². The number of alkyl halides is 13. The Bertz CT molecular complexity index is 1390. The second kappa shape index (κ2) is 13.9. The highest BCUT2D eigenvalue weighted by Gasteiger charge is 2.90. The number of hydrogen-bond donors (Lipinski definition) is 0. The third kappa shape index (κ3) is 8.73. The summed E-state index contributed by atoms with van der Waals surface area (Å²) in [6.07, 6.45) is -11.7. The maximum Gasteiger partial charge on any atom is 0.460 e. The summed E-state index contributed by atoms with van der Waals surface area (Å²) in [6, 6.07) is 7.16. The smallest absolute Gasteiger partial charge is 0.460 e. The first-order valence-electron chi connectivity index (χ1n) is 16.1. The maximum atomic E-state index is 14.3. The Kier molecular flexibility index (Phi) is 12.1. The van der Waals surface area contributed by atoms with E-state index in [1.165, 1.54) is 0 Å². The Morgan fingerprint density at radius 1 is 0.647 bits per heavy atom. The highest BCUT2D eigenvalue weighted by molar-refractivity contribution is 6.05. The summed E-state index contributed by atoms with van der Waals surface area (Å²) >= 11 is 0. The molecule has 294 valence electrons. The molecule has 51 heavy (non-hydrogen) atoms. The van der Waals surface area contributed by atoms with Gasteiger partial charge in [-0.15, -0.1) is 0 Å². The standard InChI is InChI=1S/C34H44F13NO3/c1-26(2,3)22(19-12-14-20(15-13-19)51-28(7,8)9)18-21-23(27(4,5)6)25(50)48(24(21)49)17-11-10-16-29(35,36)30(37,38)31(39,40)32(41,42)33(43,44)34(45,46)47/h12-15,21-23H,10-11,16-18H2,1-9H3. The molecule has 3 atom stereocenters. The fourth-order valence-electron chi connectivity index (χ4n) is 6.16. The van der Waals surface area contributed by atoms with Gasteiger partial charge in [0.1, 0.15) is 11.4 Å². The maximum absolute atomic E-state index is 14.3. The van der Waals surface area contributed by atoms with Gasteiger partial charge in [-0.3, -0.25) is 14.5 Å². The predicted octanol–water partition coefficient (Wildman–Crippen LogP) is 10.9. The molecule has 1 heterocycles. The zero-order valence-electron chi connectivity index (χ0n) is 29.7. The number of likely N-dealkylation sites (tertiary alicyclic amines) is 1. The second-order valence-corrected chi connectivity index (χ2v) is 16.2. The average Bonchev–Trinajstić information content (AvgIpc) is 3.16. The highest BCUT2D eigenvalue weighted by atomic mass is 19.4. The number of carbonyl (C=O) groups excluding carboxylic acids is 2. The number of unbranched alkanes of at least 4 members (excludes halogenated alkanes) is 1. The Balaban J connectivity index is 2.29. The number of hydrogen-bond acceptors (Lipinski definition) is 3. The number of amides is 2. The normalized spacial score (nSPS) is 19.9. The summed E-state index contributed by atoms with van der Waals surface area (Å²) in [4.78, 5) is 28.0. The van der Waals surface area contributed by atoms with Gasteiger partial charge in [-0.1, -0.05) is 53.7 Å². The van der Waals surface area contributed by atoms with Crippen molar-refractivity contribution in [2.24, 2.45) is 22.7 Å². The summed E-state index contributed by atoms with van der Waals surface area (Å²) in [5.74, 6) is -40.3. The largest absolute Gasteiger partial charge is 0.488 e. The Morgan fingerprint density at radius 2 is 1.12 bits per heavy atom. The fraction of sp³-hybridized carbons (Fsp3) is 0.765. The lowest BCUT2D eigenvalue weighted by Crippen LogP contribution is -2.70. The van der Waals surface area contributed by atoms with Crippen molar-refractivity contribution in [2.45, 2.75) is 135 Å². The third-order valence-corrected chi connectivity index (χ3v) is 8.81. The number of halogens is 13. The average molecular weight is 762 g/mol. The van der Waals surface area contributed by atoms with Crippen LogP contribution in [0.1, 0.15) is 99.5 Å². The lowest BCUT2D eigenvalue weighted by atomic mass is 9.66. The van der Waals surface area contributed by atoms with Gasteiger partial charge in [0, 0.05) is 13.0 Å².